The second kappa shape index (κ2) is 7.26. The summed E-state index contributed by atoms with van der Waals surface area (Å²) >= 11 is 0. The van der Waals surface area contributed by atoms with Gasteiger partial charge < -0.3 is 15.8 Å². The Balaban J connectivity index is 2.01. The van der Waals surface area contributed by atoms with Crippen LogP contribution in [0, 0.1) is 12.3 Å². The Labute approximate surface area is 96.9 Å². The number of amides is 1. The van der Waals surface area contributed by atoms with Crippen molar-refractivity contribution < 1.29 is 9.53 Å². The van der Waals surface area contributed by atoms with E-state index in [1.54, 1.807) is 0 Å². The van der Waals surface area contributed by atoms with Crippen LogP contribution in [0.15, 0.2) is 0 Å². The van der Waals surface area contributed by atoms with Crippen LogP contribution in [-0.4, -0.2) is 31.2 Å². The molecule has 4 heteroatoms. The molecule has 1 fully saturated rings. The first-order chi connectivity index (χ1) is 7.74. The second-order valence-corrected chi connectivity index (χ2v) is 4.08. The van der Waals surface area contributed by atoms with Gasteiger partial charge >= 0.3 is 0 Å². The van der Waals surface area contributed by atoms with Crippen molar-refractivity contribution in [1.29, 1.82) is 0 Å². The van der Waals surface area contributed by atoms with Crippen molar-refractivity contribution in [2.75, 3.05) is 13.2 Å². The molecule has 1 rings (SSSR count). The molecular weight excluding hydrogens is 204 g/mol. The third-order valence-electron chi connectivity index (χ3n) is 2.73. The molecule has 1 aliphatic carbocycles. The van der Waals surface area contributed by atoms with Gasteiger partial charge in [-0.05, 0) is 12.8 Å². The molecule has 1 atom stereocenters. The van der Waals surface area contributed by atoms with Gasteiger partial charge in [0.1, 0.15) is 0 Å². The zero-order chi connectivity index (χ0) is 11.8. The molecule has 4 nitrogen and oxygen atoms in total. The van der Waals surface area contributed by atoms with Crippen LogP contribution in [0.25, 0.3) is 0 Å². The van der Waals surface area contributed by atoms with E-state index in [0.717, 1.165) is 12.8 Å². The van der Waals surface area contributed by atoms with Crippen molar-refractivity contribution in [1.82, 2.24) is 5.32 Å². The molecule has 0 aromatic heterocycles. The van der Waals surface area contributed by atoms with Gasteiger partial charge in [-0.3, -0.25) is 4.79 Å². The quantitative estimate of drug-likeness (QED) is 0.507. The molecule has 0 heterocycles. The number of hydrogen-bond donors (Lipinski definition) is 2. The van der Waals surface area contributed by atoms with Gasteiger partial charge in [0.2, 0.25) is 5.91 Å². The minimum Gasteiger partial charge on any atom is -0.376 e. The van der Waals surface area contributed by atoms with Crippen LogP contribution in [0.5, 0.6) is 0 Å². The van der Waals surface area contributed by atoms with Gasteiger partial charge in [-0.1, -0.05) is 12.8 Å². The van der Waals surface area contributed by atoms with Gasteiger partial charge in [0.25, 0.3) is 0 Å². The number of nitrogens with one attached hydrogen (secondary N) is 1. The smallest absolute Gasteiger partial charge is 0.237 e. The number of rotatable bonds is 6. The molecule has 0 aliphatic heterocycles. The monoisotopic (exact) mass is 224 g/mol. The van der Waals surface area contributed by atoms with E-state index in [1.807, 2.05) is 0 Å². The van der Waals surface area contributed by atoms with Crippen molar-refractivity contribution in [3.8, 4) is 12.3 Å². The first kappa shape index (κ1) is 13.0. The topological polar surface area (TPSA) is 64.4 Å². The predicted octanol–water partition coefficient (Wildman–Crippen LogP) is 0.412. The highest BCUT2D eigenvalue weighted by molar-refractivity contribution is 5.81. The largest absolute Gasteiger partial charge is 0.376 e. The Hall–Kier alpha value is -1.05. The molecule has 0 saturated heterocycles. The van der Waals surface area contributed by atoms with E-state index in [0.29, 0.717) is 19.3 Å². The molecule has 90 valence electrons. The predicted molar refractivity (Wildman–Crippen MR) is 62.6 cm³/mol. The second-order valence-electron chi connectivity index (χ2n) is 4.08. The molecule has 0 aromatic rings. The molecule has 3 N–H and O–H groups in total. The molecule has 1 saturated carbocycles. The Morgan fingerprint density at radius 3 is 2.88 bits per heavy atom. The standard InChI is InChI=1S/C12H20N2O2/c1-2-5-11(13)12(15)14-8-9-16-10-6-3-4-7-10/h1,10-11H,3-9,13H2,(H,14,15). The van der Waals surface area contributed by atoms with Gasteiger partial charge in [0, 0.05) is 13.0 Å². The first-order valence-electron chi connectivity index (χ1n) is 5.82. The number of nitrogens with two attached hydrogens (primary N) is 1. The van der Waals surface area contributed by atoms with Crippen LogP contribution in [0.4, 0.5) is 0 Å². The van der Waals surface area contributed by atoms with E-state index in [4.69, 9.17) is 16.9 Å². The normalized spacial score (nSPS) is 18.0. The van der Waals surface area contributed by atoms with Crippen LogP contribution in [0.2, 0.25) is 0 Å². The summed E-state index contributed by atoms with van der Waals surface area (Å²) < 4.78 is 5.60. The maximum absolute atomic E-state index is 11.3. The Morgan fingerprint density at radius 2 is 2.25 bits per heavy atom. The first-order valence-corrected chi connectivity index (χ1v) is 5.82. The average molecular weight is 224 g/mol. The molecule has 1 unspecified atom stereocenters. The zero-order valence-electron chi connectivity index (χ0n) is 9.58. The van der Waals surface area contributed by atoms with E-state index in [-0.39, 0.29) is 12.3 Å². The fourth-order valence-electron chi connectivity index (χ4n) is 1.81. The molecule has 1 aliphatic rings. The average Bonchev–Trinajstić information content (AvgIpc) is 2.77. The van der Waals surface area contributed by atoms with Crippen LogP contribution in [0.3, 0.4) is 0 Å². The van der Waals surface area contributed by atoms with Crippen molar-refractivity contribution in [2.45, 2.75) is 44.2 Å². The van der Waals surface area contributed by atoms with E-state index in [1.165, 1.54) is 12.8 Å². The lowest BCUT2D eigenvalue weighted by Crippen LogP contribution is -2.41. The third kappa shape index (κ3) is 4.65. The fraction of sp³-hybridized carbons (Fsp3) is 0.750. The van der Waals surface area contributed by atoms with Crippen LogP contribution in [0.1, 0.15) is 32.1 Å². The number of hydrogen-bond acceptors (Lipinski definition) is 3. The minimum absolute atomic E-state index is 0.201. The van der Waals surface area contributed by atoms with Gasteiger partial charge in [-0.2, -0.15) is 0 Å². The highest BCUT2D eigenvalue weighted by Gasteiger charge is 2.15. The SMILES string of the molecule is C#CCC(N)C(=O)NCCOC1CCCC1. The Morgan fingerprint density at radius 1 is 1.56 bits per heavy atom. The lowest BCUT2D eigenvalue weighted by atomic mass is 10.2. The van der Waals surface area contributed by atoms with Gasteiger partial charge in [-0.25, -0.2) is 0 Å². The molecule has 1 amide bonds. The van der Waals surface area contributed by atoms with Gasteiger partial charge in [0.15, 0.2) is 0 Å². The maximum Gasteiger partial charge on any atom is 0.237 e. The summed E-state index contributed by atoms with van der Waals surface area (Å²) in [5.41, 5.74) is 5.54. The van der Waals surface area contributed by atoms with E-state index >= 15 is 0 Å². The Bertz CT molecular complexity index is 254. The van der Waals surface area contributed by atoms with Crippen molar-refractivity contribution in [3.63, 3.8) is 0 Å². The molecule has 0 radical (unpaired) electrons. The van der Waals surface area contributed by atoms with E-state index < -0.39 is 6.04 Å². The number of carbonyl (C=O) groups excluding carboxylic acids is 1. The van der Waals surface area contributed by atoms with Crippen molar-refractivity contribution >= 4 is 5.91 Å². The summed E-state index contributed by atoms with van der Waals surface area (Å²) in [6.07, 6.45) is 10.5. The zero-order valence-corrected chi connectivity index (χ0v) is 9.58. The summed E-state index contributed by atoms with van der Waals surface area (Å²) in [4.78, 5) is 11.3. The highest BCUT2D eigenvalue weighted by atomic mass is 16.5. The van der Waals surface area contributed by atoms with E-state index in [9.17, 15) is 4.79 Å². The van der Waals surface area contributed by atoms with Gasteiger partial charge in [-0.15, -0.1) is 12.3 Å². The molecular formula is C12H20N2O2. The summed E-state index contributed by atoms with van der Waals surface area (Å²) in [7, 11) is 0. The van der Waals surface area contributed by atoms with Gasteiger partial charge in [0.05, 0.1) is 18.8 Å². The molecule has 0 spiro atoms. The highest BCUT2D eigenvalue weighted by Crippen LogP contribution is 2.20. The molecule has 0 aromatic carbocycles. The lowest BCUT2D eigenvalue weighted by molar-refractivity contribution is -0.122. The summed E-state index contributed by atoms with van der Waals surface area (Å²) in [6, 6.07) is -0.600. The Kier molecular flexibility index (Phi) is 5.91. The molecule has 0 bridgehead atoms. The maximum atomic E-state index is 11.3. The van der Waals surface area contributed by atoms with Crippen molar-refractivity contribution in [3.05, 3.63) is 0 Å². The number of ether oxygens (including phenoxy) is 1. The fourth-order valence-corrected chi connectivity index (χ4v) is 1.81. The summed E-state index contributed by atoms with van der Waals surface area (Å²) in [5.74, 6) is 2.17. The van der Waals surface area contributed by atoms with Crippen LogP contribution < -0.4 is 11.1 Å². The van der Waals surface area contributed by atoms with Crippen LogP contribution >= 0.6 is 0 Å². The lowest BCUT2D eigenvalue weighted by Gasteiger charge is -2.13. The number of terminal acetylenes is 1. The number of carbonyl (C=O) groups is 1. The van der Waals surface area contributed by atoms with Crippen molar-refractivity contribution in [2.24, 2.45) is 5.73 Å². The summed E-state index contributed by atoms with van der Waals surface area (Å²) in [5, 5.41) is 2.71. The van der Waals surface area contributed by atoms with E-state index in [2.05, 4.69) is 11.2 Å². The minimum atomic E-state index is -0.600. The molecule has 16 heavy (non-hydrogen) atoms. The third-order valence-corrected chi connectivity index (χ3v) is 2.73. The summed E-state index contributed by atoms with van der Waals surface area (Å²) in [6.45, 7) is 1.06. The van der Waals surface area contributed by atoms with Crippen LogP contribution in [-0.2, 0) is 9.53 Å².